The van der Waals surface area contributed by atoms with Gasteiger partial charge in [-0.05, 0) is 37.1 Å². The zero-order valence-electron chi connectivity index (χ0n) is 18.7. The van der Waals surface area contributed by atoms with E-state index in [1.165, 1.54) is 0 Å². The Bertz CT molecular complexity index is 1210. The Morgan fingerprint density at radius 1 is 1.20 bits per heavy atom. The van der Waals surface area contributed by atoms with Crippen molar-refractivity contribution in [3.63, 3.8) is 0 Å². The summed E-state index contributed by atoms with van der Waals surface area (Å²) in [5.41, 5.74) is 9.70. The number of aromatic amines is 1. The van der Waals surface area contributed by atoms with Gasteiger partial charge >= 0.3 is 12.1 Å². The standard InChI is InChI=1S/C21H23N5O2.C2HF3O2/c1-13-2-4-14(5-3-13)19(22)21(28)26-9-8-15(12-26)20(27)24-17-6-7-18-16(10-17)11-23-25-18;3-2(4,5)1(6)7/h2-7,10-11,15,19H,8-9,12,22H2,1H3,(H,23,25)(H,24,27);(H,6,7). The van der Waals surface area contributed by atoms with E-state index in [2.05, 4.69) is 15.5 Å². The predicted molar refractivity (Wildman–Crippen MR) is 121 cm³/mol. The molecular weight excluding hydrogens is 467 g/mol. The van der Waals surface area contributed by atoms with Crippen molar-refractivity contribution in [2.45, 2.75) is 25.6 Å². The summed E-state index contributed by atoms with van der Waals surface area (Å²) in [5.74, 6) is -3.22. The van der Waals surface area contributed by atoms with Crippen molar-refractivity contribution in [1.29, 1.82) is 0 Å². The lowest BCUT2D eigenvalue weighted by atomic mass is 10.0. The number of carbonyl (C=O) groups is 3. The van der Waals surface area contributed by atoms with E-state index in [0.717, 1.165) is 27.7 Å². The number of H-pyrrole nitrogens is 1. The SMILES string of the molecule is Cc1ccc(C(N)C(=O)N2CCC(C(=O)Nc3ccc4[nH]ncc4c3)C2)cc1.O=C(O)C(F)(F)F. The van der Waals surface area contributed by atoms with Gasteiger partial charge in [0.2, 0.25) is 11.8 Å². The number of aliphatic carboxylic acids is 1. The highest BCUT2D eigenvalue weighted by atomic mass is 19.4. The van der Waals surface area contributed by atoms with Crippen molar-refractivity contribution in [3.8, 4) is 0 Å². The first-order valence-electron chi connectivity index (χ1n) is 10.6. The van der Waals surface area contributed by atoms with Gasteiger partial charge in [0, 0.05) is 24.2 Å². The maximum absolute atomic E-state index is 12.7. The molecule has 1 aliphatic heterocycles. The van der Waals surface area contributed by atoms with Gasteiger partial charge in [-0.3, -0.25) is 14.7 Å². The van der Waals surface area contributed by atoms with Crippen molar-refractivity contribution < 1.29 is 32.7 Å². The Kier molecular flexibility index (Phi) is 7.75. The molecule has 3 aromatic rings. The van der Waals surface area contributed by atoms with E-state index in [4.69, 9.17) is 15.6 Å². The van der Waals surface area contributed by atoms with Crippen LogP contribution in [0, 0.1) is 12.8 Å². The number of nitrogens with zero attached hydrogens (tertiary/aromatic N) is 2. The quantitative estimate of drug-likeness (QED) is 0.442. The Labute approximate surface area is 198 Å². The third kappa shape index (κ3) is 6.57. The van der Waals surface area contributed by atoms with Crippen molar-refractivity contribution >= 4 is 34.4 Å². The lowest BCUT2D eigenvalue weighted by Crippen LogP contribution is -2.38. The minimum Gasteiger partial charge on any atom is -0.475 e. The van der Waals surface area contributed by atoms with Crippen molar-refractivity contribution in [3.05, 3.63) is 59.8 Å². The number of likely N-dealkylation sites (tertiary alicyclic amines) is 1. The van der Waals surface area contributed by atoms with E-state index in [1.54, 1.807) is 11.1 Å². The summed E-state index contributed by atoms with van der Waals surface area (Å²) in [6.45, 7) is 2.92. The summed E-state index contributed by atoms with van der Waals surface area (Å²) in [7, 11) is 0. The second kappa shape index (κ2) is 10.6. The third-order valence-electron chi connectivity index (χ3n) is 5.52. The van der Waals surface area contributed by atoms with Crippen LogP contribution in [0.5, 0.6) is 0 Å². The first-order valence-corrected chi connectivity index (χ1v) is 10.6. The Balaban J connectivity index is 0.000000429. The Morgan fingerprint density at radius 3 is 2.49 bits per heavy atom. The second-order valence-electron chi connectivity index (χ2n) is 8.12. The molecule has 0 saturated carbocycles. The number of carboxylic acid groups (broad SMARTS) is 1. The average Bonchev–Trinajstić information content (AvgIpc) is 3.48. The largest absolute Gasteiger partial charge is 0.490 e. The zero-order chi connectivity index (χ0) is 25.8. The first-order chi connectivity index (χ1) is 16.5. The molecule has 9 nitrogen and oxygen atoms in total. The molecule has 1 fully saturated rings. The molecule has 5 N–H and O–H groups in total. The number of nitrogens with one attached hydrogen (secondary N) is 2. The van der Waals surface area contributed by atoms with Gasteiger partial charge in [0.1, 0.15) is 6.04 Å². The maximum atomic E-state index is 12.7. The van der Waals surface area contributed by atoms with Crippen LogP contribution in [-0.2, 0) is 14.4 Å². The van der Waals surface area contributed by atoms with Gasteiger partial charge in [-0.1, -0.05) is 29.8 Å². The number of amides is 2. The number of aryl methyl sites for hydroxylation is 1. The summed E-state index contributed by atoms with van der Waals surface area (Å²) in [5, 5.41) is 17.9. The number of alkyl halides is 3. The smallest absolute Gasteiger partial charge is 0.475 e. The highest BCUT2D eigenvalue weighted by Crippen LogP contribution is 2.24. The van der Waals surface area contributed by atoms with Crippen molar-refractivity contribution in [2.75, 3.05) is 18.4 Å². The van der Waals surface area contributed by atoms with E-state index >= 15 is 0 Å². The van der Waals surface area contributed by atoms with Crippen LogP contribution in [0.1, 0.15) is 23.6 Å². The van der Waals surface area contributed by atoms with E-state index in [-0.39, 0.29) is 17.7 Å². The predicted octanol–water partition coefficient (Wildman–Crippen LogP) is 2.99. The molecule has 4 rings (SSSR count). The number of benzene rings is 2. The first kappa shape index (κ1) is 25.7. The van der Waals surface area contributed by atoms with Crippen LogP contribution in [0.3, 0.4) is 0 Å². The summed E-state index contributed by atoms with van der Waals surface area (Å²) in [4.78, 5) is 35.9. The lowest BCUT2D eigenvalue weighted by molar-refractivity contribution is -0.192. The highest BCUT2D eigenvalue weighted by molar-refractivity contribution is 5.95. The van der Waals surface area contributed by atoms with Crippen LogP contribution in [0.2, 0.25) is 0 Å². The van der Waals surface area contributed by atoms with Crippen LogP contribution >= 0.6 is 0 Å². The lowest BCUT2D eigenvalue weighted by Gasteiger charge is -2.21. The number of hydrogen-bond acceptors (Lipinski definition) is 5. The number of nitrogens with two attached hydrogens (primary N) is 1. The van der Waals surface area contributed by atoms with Crippen LogP contribution in [-0.4, -0.2) is 57.3 Å². The van der Waals surface area contributed by atoms with Gasteiger partial charge in [-0.2, -0.15) is 18.3 Å². The Hall–Kier alpha value is -3.93. The fraction of sp³-hybridized carbons (Fsp3) is 0.304. The van der Waals surface area contributed by atoms with Crippen LogP contribution in [0.15, 0.2) is 48.7 Å². The summed E-state index contributed by atoms with van der Waals surface area (Å²) in [6.07, 6.45) is -2.74. The van der Waals surface area contributed by atoms with Crippen molar-refractivity contribution in [1.82, 2.24) is 15.1 Å². The molecule has 2 amide bonds. The molecule has 2 unspecified atom stereocenters. The molecule has 12 heteroatoms. The monoisotopic (exact) mass is 491 g/mol. The van der Waals surface area contributed by atoms with Gasteiger partial charge in [-0.15, -0.1) is 0 Å². The van der Waals surface area contributed by atoms with Crippen molar-refractivity contribution in [2.24, 2.45) is 11.7 Å². The van der Waals surface area contributed by atoms with Gasteiger partial charge in [0.15, 0.2) is 0 Å². The van der Waals surface area contributed by atoms with Crippen LogP contribution in [0.4, 0.5) is 18.9 Å². The number of anilines is 1. The number of carbonyl (C=O) groups excluding carboxylic acids is 2. The van der Waals surface area contributed by atoms with Gasteiger partial charge in [-0.25, -0.2) is 4.79 Å². The highest BCUT2D eigenvalue weighted by Gasteiger charge is 2.38. The molecule has 0 radical (unpaired) electrons. The molecular formula is C23H24F3N5O4. The molecule has 2 heterocycles. The van der Waals surface area contributed by atoms with Gasteiger partial charge in [0.05, 0.1) is 17.6 Å². The minimum atomic E-state index is -5.08. The molecule has 0 aliphatic carbocycles. The molecule has 186 valence electrons. The second-order valence-corrected chi connectivity index (χ2v) is 8.12. The maximum Gasteiger partial charge on any atom is 0.490 e. The normalized spacial score (nSPS) is 16.4. The van der Waals surface area contributed by atoms with Gasteiger partial charge < -0.3 is 21.1 Å². The number of halogens is 3. The molecule has 2 atom stereocenters. The fourth-order valence-corrected chi connectivity index (χ4v) is 3.55. The number of aromatic nitrogens is 2. The number of rotatable bonds is 4. The number of hydrogen-bond donors (Lipinski definition) is 4. The topological polar surface area (TPSA) is 141 Å². The number of fused-ring (bicyclic) bond motifs is 1. The summed E-state index contributed by atoms with van der Waals surface area (Å²) < 4.78 is 31.7. The van der Waals surface area contributed by atoms with Crippen LogP contribution in [0.25, 0.3) is 10.9 Å². The molecule has 0 bridgehead atoms. The van der Waals surface area contributed by atoms with E-state index in [0.29, 0.717) is 19.5 Å². The number of carboxylic acids is 1. The Morgan fingerprint density at radius 2 is 1.86 bits per heavy atom. The zero-order valence-corrected chi connectivity index (χ0v) is 18.7. The third-order valence-corrected chi connectivity index (χ3v) is 5.52. The van der Waals surface area contributed by atoms with E-state index < -0.39 is 18.2 Å². The van der Waals surface area contributed by atoms with Crippen LogP contribution < -0.4 is 11.1 Å². The summed E-state index contributed by atoms with van der Waals surface area (Å²) >= 11 is 0. The summed E-state index contributed by atoms with van der Waals surface area (Å²) in [6, 6.07) is 12.5. The average molecular weight is 491 g/mol. The van der Waals surface area contributed by atoms with Gasteiger partial charge in [0.25, 0.3) is 0 Å². The molecule has 0 spiro atoms. The molecule has 1 aliphatic rings. The molecule has 1 saturated heterocycles. The van der Waals surface area contributed by atoms with E-state index in [1.807, 2.05) is 49.4 Å². The molecule has 35 heavy (non-hydrogen) atoms. The molecule has 1 aromatic heterocycles. The fourth-order valence-electron chi connectivity index (χ4n) is 3.55. The van der Waals surface area contributed by atoms with E-state index in [9.17, 15) is 22.8 Å². The minimum absolute atomic E-state index is 0.0814. The molecule has 2 aromatic carbocycles.